The molecule has 0 fully saturated rings. The van der Waals surface area contributed by atoms with Crippen molar-refractivity contribution in [2.24, 2.45) is 0 Å². The summed E-state index contributed by atoms with van der Waals surface area (Å²) in [4.78, 5) is 13.4. The van der Waals surface area contributed by atoms with Crippen molar-refractivity contribution in [3.63, 3.8) is 0 Å². The Kier molecular flexibility index (Phi) is 3.31. The molecule has 0 unspecified atom stereocenters. The zero-order valence-corrected chi connectivity index (χ0v) is 12.6. The van der Waals surface area contributed by atoms with Crippen LogP contribution in [0.3, 0.4) is 0 Å². The van der Waals surface area contributed by atoms with E-state index in [1.54, 1.807) is 6.20 Å². The second-order valence-electron chi connectivity index (χ2n) is 5.47. The van der Waals surface area contributed by atoms with Crippen molar-refractivity contribution in [1.29, 1.82) is 0 Å². The SMILES string of the molecule is C=C1CC=C(c2ccncc2)c2nc(-c3ccccn3)ccc21. The molecule has 1 aliphatic carbocycles. The Hall–Kier alpha value is -3.07. The van der Waals surface area contributed by atoms with Gasteiger partial charge < -0.3 is 0 Å². The number of nitrogens with zero attached hydrogens (tertiary/aromatic N) is 3. The molecule has 0 saturated carbocycles. The van der Waals surface area contributed by atoms with E-state index in [2.05, 4.69) is 28.7 Å². The number of pyridine rings is 3. The van der Waals surface area contributed by atoms with Gasteiger partial charge in [-0.2, -0.15) is 0 Å². The van der Waals surface area contributed by atoms with Crippen LogP contribution in [0.1, 0.15) is 23.2 Å². The van der Waals surface area contributed by atoms with Crippen LogP contribution in [0.15, 0.2) is 73.7 Å². The van der Waals surface area contributed by atoms with Gasteiger partial charge >= 0.3 is 0 Å². The maximum atomic E-state index is 4.88. The van der Waals surface area contributed by atoms with Gasteiger partial charge in [0.1, 0.15) is 0 Å². The highest BCUT2D eigenvalue weighted by Crippen LogP contribution is 2.36. The van der Waals surface area contributed by atoms with Crippen LogP contribution >= 0.6 is 0 Å². The molecule has 0 bridgehead atoms. The van der Waals surface area contributed by atoms with Crippen molar-refractivity contribution < 1.29 is 0 Å². The number of hydrogen-bond acceptors (Lipinski definition) is 3. The molecule has 0 aromatic carbocycles. The molecular formula is C20H15N3. The van der Waals surface area contributed by atoms with Gasteiger partial charge in [0.2, 0.25) is 0 Å². The van der Waals surface area contributed by atoms with Gasteiger partial charge in [-0.3, -0.25) is 9.97 Å². The normalized spacial score (nSPS) is 13.4. The van der Waals surface area contributed by atoms with Crippen LogP contribution in [0.5, 0.6) is 0 Å². The molecule has 0 radical (unpaired) electrons. The van der Waals surface area contributed by atoms with Gasteiger partial charge in [0, 0.05) is 29.7 Å². The smallest absolute Gasteiger partial charge is 0.0894 e. The van der Waals surface area contributed by atoms with E-state index in [9.17, 15) is 0 Å². The molecule has 4 rings (SSSR count). The largest absolute Gasteiger partial charge is 0.265 e. The summed E-state index contributed by atoms with van der Waals surface area (Å²) < 4.78 is 0. The summed E-state index contributed by atoms with van der Waals surface area (Å²) in [6.07, 6.45) is 8.43. The second kappa shape index (κ2) is 5.61. The highest BCUT2D eigenvalue weighted by molar-refractivity contribution is 5.89. The van der Waals surface area contributed by atoms with Gasteiger partial charge in [-0.1, -0.05) is 24.8 Å². The van der Waals surface area contributed by atoms with E-state index >= 15 is 0 Å². The van der Waals surface area contributed by atoms with Crippen molar-refractivity contribution in [3.05, 3.63) is 90.5 Å². The van der Waals surface area contributed by atoms with Gasteiger partial charge in [0.05, 0.1) is 17.1 Å². The Morgan fingerprint density at radius 2 is 1.74 bits per heavy atom. The third kappa shape index (κ3) is 2.46. The highest BCUT2D eigenvalue weighted by atomic mass is 14.8. The lowest BCUT2D eigenvalue weighted by Gasteiger charge is -2.19. The third-order valence-corrected chi connectivity index (χ3v) is 4.00. The molecule has 3 heterocycles. The average molecular weight is 297 g/mol. The molecule has 0 spiro atoms. The molecule has 0 aliphatic heterocycles. The van der Waals surface area contributed by atoms with Gasteiger partial charge in [0.25, 0.3) is 0 Å². The predicted molar refractivity (Wildman–Crippen MR) is 92.4 cm³/mol. The van der Waals surface area contributed by atoms with E-state index in [0.29, 0.717) is 0 Å². The summed E-state index contributed by atoms with van der Waals surface area (Å²) in [6.45, 7) is 4.17. The van der Waals surface area contributed by atoms with E-state index < -0.39 is 0 Å². The van der Waals surface area contributed by atoms with Crippen molar-refractivity contribution in [2.45, 2.75) is 6.42 Å². The van der Waals surface area contributed by atoms with Gasteiger partial charge in [0.15, 0.2) is 0 Å². The quantitative estimate of drug-likeness (QED) is 0.704. The molecule has 110 valence electrons. The van der Waals surface area contributed by atoms with Crippen LogP contribution in [-0.2, 0) is 0 Å². The topological polar surface area (TPSA) is 38.7 Å². The average Bonchev–Trinajstić information content (AvgIpc) is 2.63. The molecule has 0 N–H and O–H groups in total. The minimum absolute atomic E-state index is 0.843. The summed E-state index contributed by atoms with van der Waals surface area (Å²) in [5.74, 6) is 0. The first-order valence-electron chi connectivity index (χ1n) is 7.54. The molecule has 3 aromatic rings. The van der Waals surface area contributed by atoms with E-state index in [1.165, 1.54) is 0 Å². The number of aromatic nitrogens is 3. The van der Waals surface area contributed by atoms with E-state index in [1.807, 2.05) is 48.8 Å². The predicted octanol–water partition coefficient (Wildman–Crippen LogP) is 4.39. The van der Waals surface area contributed by atoms with Gasteiger partial charge in [-0.15, -0.1) is 0 Å². The first-order valence-corrected chi connectivity index (χ1v) is 7.54. The van der Waals surface area contributed by atoms with Gasteiger partial charge in [-0.05, 0) is 47.9 Å². The number of rotatable bonds is 2. The molecule has 3 heteroatoms. The molecule has 3 aromatic heterocycles. The lowest BCUT2D eigenvalue weighted by atomic mass is 9.88. The summed E-state index contributed by atoms with van der Waals surface area (Å²) in [7, 11) is 0. The maximum absolute atomic E-state index is 4.88. The van der Waals surface area contributed by atoms with Crippen molar-refractivity contribution in [1.82, 2.24) is 15.0 Å². The molecule has 0 amide bonds. The van der Waals surface area contributed by atoms with Crippen molar-refractivity contribution in [3.8, 4) is 11.4 Å². The van der Waals surface area contributed by atoms with Gasteiger partial charge in [-0.25, -0.2) is 4.98 Å². The molecule has 23 heavy (non-hydrogen) atoms. The Bertz CT molecular complexity index is 897. The highest BCUT2D eigenvalue weighted by Gasteiger charge is 2.19. The van der Waals surface area contributed by atoms with Crippen molar-refractivity contribution >= 4 is 11.1 Å². The third-order valence-electron chi connectivity index (χ3n) is 4.00. The first kappa shape index (κ1) is 13.6. The Labute approximate surface area is 135 Å². The minimum Gasteiger partial charge on any atom is -0.265 e. The zero-order chi connectivity index (χ0) is 15.6. The Morgan fingerprint density at radius 3 is 2.52 bits per heavy atom. The van der Waals surface area contributed by atoms with Crippen LogP contribution in [0.4, 0.5) is 0 Å². The fourth-order valence-corrected chi connectivity index (χ4v) is 2.82. The van der Waals surface area contributed by atoms with Crippen LogP contribution in [0.2, 0.25) is 0 Å². The van der Waals surface area contributed by atoms with Crippen LogP contribution in [0, 0.1) is 0 Å². The fraction of sp³-hybridized carbons (Fsp3) is 0.0500. The fourth-order valence-electron chi connectivity index (χ4n) is 2.82. The summed E-state index contributed by atoms with van der Waals surface area (Å²) in [5.41, 5.74) is 7.18. The van der Waals surface area contributed by atoms with Crippen LogP contribution in [-0.4, -0.2) is 15.0 Å². The maximum Gasteiger partial charge on any atom is 0.0894 e. The number of hydrogen-bond donors (Lipinski definition) is 0. The lowest BCUT2D eigenvalue weighted by Crippen LogP contribution is -2.04. The van der Waals surface area contributed by atoms with E-state index in [0.717, 1.165) is 45.8 Å². The number of fused-ring (bicyclic) bond motifs is 1. The minimum atomic E-state index is 0.843. The van der Waals surface area contributed by atoms with Crippen molar-refractivity contribution in [2.75, 3.05) is 0 Å². The van der Waals surface area contributed by atoms with Crippen LogP contribution < -0.4 is 0 Å². The molecular weight excluding hydrogens is 282 g/mol. The first-order chi connectivity index (χ1) is 11.3. The lowest BCUT2D eigenvalue weighted by molar-refractivity contribution is 1.18. The van der Waals surface area contributed by atoms with Crippen LogP contribution in [0.25, 0.3) is 22.5 Å². The summed E-state index contributed by atoms with van der Waals surface area (Å²) in [5, 5.41) is 0. The molecule has 0 atom stereocenters. The molecule has 0 saturated heterocycles. The second-order valence-corrected chi connectivity index (χ2v) is 5.47. The Balaban J connectivity index is 1.88. The monoisotopic (exact) mass is 297 g/mol. The summed E-state index contributed by atoms with van der Waals surface area (Å²) >= 11 is 0. The Morgan fingerprint density at radius 1 is 0.870 bits per heavy atom. The standard InChI is InChI=1S/C20H15N3/c1-14-5-6-17(15-9-12-21-13-10-15)20-16(14)7-8-19(23-20)18-4-2-3-11-22-18/h2-4,6-13H,1,5H2. The molecule has 3 nitrogen and oxygen atoms in total. The van der Waals surface area contributed by atoms with E-state index in [-0.39, 0.29) is 0 Å². The van der Waals surface area contributed by atoms with E-state index in [4.69, 9.17) is 4.98 Å². The zero-order valence-electron chi connectivity index (χ0n) is 12.6. The molecule has 1 aliphatic rings. The number of allylic oxidation sites excluding steroid dienone is 2. The summed E-state index contributed by atoms with van der Waals surface area (Å²) in [6, 6.07) is 14.0.